The second-order valence-electron chi connectivity index (χ2n) is 6.02. The quantitative estimate of drug-likeness (QED) is 0.859. The third kappa shape index (κ3) is 5.52. The van der Waals surface area contributed by atoms with Crippen LogP contribution in [0.25, 0.3) is 0 Å². The van der Waals surface area contributed by atoms with E-state index in [-0.39, 0.29) is 5.69 Å². The third-order valence-corrected chi connectivity index (χ3v) is 3.65. The Morgan fingerprint density at radius 2 is 2.13 bits per heavy atom. The summed E-state index contributed by atoms with van der Waals surface area (Å²) in [7, 11) is 0. The van der Waals surface area contributed by atoms with E-state index in [1.807, 2.05) is 6.92 Å². The number of nitrogens with one attached hydrogen (secondary N) is 2. The average molecular weight is 337 g/mol. The smallest absolute Gasteiger partial charge is 0.412 e. The van der Waals surface area contributed by atoms with Gasteiger partial charge in [-0.05, 0) is 45.9 Å². The van der Waals surface area contributed by atoms with Crippen LogP contribution in [0, 0.1) is 12.7 Å². The van der Waals surface area contributed by atoms with Gasteiger partial charge in [-0.2, -0.15) is 0 Å². The van der Waals surface area contributed by atoms with Crippen LogP contribution < -0.4 is 10.6 Å². The van der Waals surface area contributed by atoms with Crippen molar-refractivity contribution in [3.8, 4) is 0 Å². The Morgan fingerprint density at radius 3 is 2.74 bits per heavy atom. The lowest BCUT2D eigenvalue weighted by molar-refractivity contribution is 0.0635. The maximum absolute atomic E-state index is 13.8. The predicted molar refractivity (Wildman–Crippen MR) is 90.4 cm³/mol. The molecule has 0 atom stereocenters. The van der Waals surface area contributed by atoms with E-state index in [9.17, 15) is 9.18 Å². The van der Waals surface area contributed by atoms with E-state index < -0.39 is 17.5 Å². The molecule has 1 aromatic heterocycles. The molecule has 7 heteroatoms. The summed E-state index contributed by atoms with van der Waals surface area (Å²) in [6.07, 6.45) is 1.11. The van der Waals surface area contributed by atoms with Gasteiger partial charge in [-0.1, -0.05) is 0 Å². The Bertz CT molecular complexity index is 695. The number of anilines is 2. The number of ether oxygens (including phenoxy) is 1. The van der Waals surface area contributed by atoms with E-state index in [1.165, 1.54) is 12.1 Å². The van der Waals surface area contributed by atoms with Crippen LogP contribution in [0.5, 0.6) is 0 Å². The maximum atomic E-state index is 13.8. The van der Waals surface area contributed by atoms with Gasteiger partial charge in [-0.3, -0.25) is 5.32 Å². The van der Waals surface area contributed by atoms with Gasteiger partial charge in [-0.25, -0.2) is 14.2 Å². The molecule has 0 radical (unpaired) electrons. The second kappa shape index (κ2) is 6.95. The molecule has 1 aromatic carbocycles. The molecule has 1 amide bonds. The predicted octanol–water partition coefficient (Wildman–Crippen LogP) is 4.55. The van der Waals surface area contributed by atoms with Crippen molar-refractivity contribution in [3.63, 3.8) is 0 Å². The number of aromatic nitrogens is 1. The minimum Gasteiger partial charge on any atom is -0.444 e. The number of nitrogens with zero attached hydrogens (tertiary/aromatic N) is 1. The van der Waals surface area contributed by atoms with Crippen molar-refractivity contribution in [2.45, 2.75) is 39.8 Å². The summed E-state index contributed by atoms with van der Waals surface area (Å²) >= 11 is 1.59. The highest BCUT2D eigenvalue weighted by molar-refractivity contribution is 7.11. The summed E-state index contributed by atoms with van der Waals surface area (Å²) in [5, 5.41) is 6.59. The van der Waals surface area contributed by atoms with Crippen molar-refractivity contribution in [3.05, 3.63) is 40.1 Å². The largest absolute Gasteiger partial charge is 0.444 e. The molecule has 0 aliphatic rings. The van der Waals surface area contributed by atoms with Gasteiger partial charge in [0.1, 0.15) is 11.4 Å². The number of carbonyl (C=O) groups excluding carboxylic acids is 1. The van der Waals surface area contributed by atoms with E-state index in [0.717, 1.165) is 9.88 Å². The zero-order chi connectivity index (χ0) is 17.0. The first kappa shape index (κ1) is 17.2. The number of aryl methyl sites for hydroxylation is 1. The number of carbonyl (C=O) groups is 1. The summed E-state index contributed by atoms with van der Waals surface area (Å²) < 4.78 is 18.9. The van der Waals surface area contributed by atoms with E-state index in [4.69, 9.17) is 4.74 Å². The molecule has 0 aliphatic heterocycles. The molecule has 124 valence electrons. The lowest BCUT2D eigenvalue weighted by Gasteiger charge is -2.20. The fourth-order valence-electron chi connectivity index (χ4n) is 1.82. The van der Waals surface area contributed by atoms with Gasteiger partial charge in [0.25, 0.3) is 0 Å². The van der Waals surface area contributed by atoms with Crippen LogP contribution in [-0.4, -0.2) is 16.7 Å². The van der Waals surface area contributed by atoms with Crippen molar-refractivity contribution in [2.75, 3.05) is 10.6 Å². The Kier molecular flexibility index (Phi) is 5.20. The van der Waals surface area contributed by atoms with Gasteiger partial charge in [0.2, 0.25) is 0 Å². The minimum atomic E-state index is -0.688. The lowest BCUT2D eigenvalue weighted by atomic mass is 10.2. The van der Waals surface area contributed by atoms with Gasteiger partial charge in [-0.15, -0.1) is 11.3 Å². The first-order chi connectivity index (χ1) is 10.7. The van der Waals surface area contributed by atoms with Gasteiger partial charge in [0, 0.05) is 16.8 Å². The molecule has 0 saturated heterocycles. The zero-order valence-corrected chi connectivity index (χ0v) is 14.4. The van der Waals surface area contributed by atoms with Crippen LogP contribution in [0.4, 0.5) is 20.6 Å². The summed E-state index contributed by atoms with van der Waals surface area (Å²) in [6.45, 7) is 7.77. The second-order valence-corrected chi connectivity index (χ2v) is 7.34. The van der Waals surface area contributed by atoms with E-state index in [2.05, 4.69) is 15.6 Å². The van der Waals surface area contributed by atoms with Gasteiger partial charge in [0.05, 0.1) is 17.2 Å². The molecule has 0 fully saturated rings. The van der Waals surface area contributed by atoms with Crippen molar-refractivity contribution in [2.24, 2.45) is 0 Å². The van der Waals surface area contributed by atoms with Crippen LogP contribution in [0.3, 0.4) is 0 Å². The summed E-state index contributed by atoms with van der Waals surface area (Å²) in [6, 6.07) is 4.45. The lowest BCUT2D eigenvalue weighted by Crippen LogP contribution is -2.27. The summed E-state index contributed by atoms with van der Waals surface area (Å²) in [5.74, 6) is -0.518. The first-order valence-electron chi connectivity index (χ1n) is 7.18. The van der Waals surface area contributed by atoms with Crippen molar-refractivity contribution >= 4 is 28.8 Å². The number of hydrogen-bond donors (Lipinski definition) is 2. The molecule has 0 spiro atoms. The first-order valence-corrected chi connectivity index (χ1v) is 7.99. The SMILES string of the molecule is Cc1ncc(CNc2ccc(F)c(NC(=O)OC(C)(C)C)c2)s1. The zero-order valence-electron chi connectivity index (χ0n) is 13.6. The Hall–Kier alpha value is -2.15. The fraction of sp³-hybridized carbons (Fsp3) is 0.375. The fourth-order valence-corrected chi connectivity index (χ4v) is 2.56. The van der Waals surface area contributed by atoms with Gasteiger partial charge in [0.15, 0.2) is 0 Å². The average Bonchev–Trinajstić information content (AvgIpc) is 2.83. The number of halogens is 1. The van der Waals surface area contributed by atoms with Crippen molar-refractivity contribution in [1.29, 1.82) is 0 Å². The summed E-state index contributed by atoms with van der Waals surface area (Å²) in [5.41, 5.74) is 0.133. The highest BCUT2D eigenvalue weighted by Crippen LogP contribution is 2.22. The summed E-state index contributed by atoms with van der Waals surface area (Å²) in [4.78, 5) is 17.0. The molecular weight excluding hydrogens is 317 g/mol. The maximum Gasteiger partial charge on any atom is 0.412 e. The Balaban J connectivity index is 2.02. The third-order valence-electron chi connectivity index (χ3n) is 2.74. The molecule has 5 nitrogen and oxygen atoms in total. The molecule has 0 aliphatic carbocycles. The molecule has 2 aromatic rings. The standard InChI is InChI=1S/C16H20FN3O2S/c1-10-18-8-12(23-10)9-19-11-5-6-13(17)14(7-11)20-15(21)22-16(2,3)4/h5-8,19H,9H2,1-4H3,(H,20,21). The number of thiazole rings is 1. The number of hydrogen-bond acceptors (Lipinski definition) is 5. The topological polar surface area (TPSA) is 63.2 Å². The highest BCUT2D eigenvalue weighted by Gasteiger charge is 2.17. The van der Waals surface area contributed by atoms with E-state index in [1.54, 1.807) is 44.4 Å². The molecule has 0 unspecified atom stereocenters. The van der Waals surface area contributed by atoms with Crippen LogP contribution in [-0.2, 0) is 11.3 Å². The molecule has 2 rings (SSSR count). The van der Waals surface area contributed by atoms with E-state index in [0.29, 0.717) is 12.2 Å². The number of rotatable bonds is 4. The van der Waals surface area contributed by atoms with Crippen LogP contribution in [0.1, 0.15) is 30.7 Å². The van der Waals surface area contributed by atoms with Gasteiger partial charge >= 0.3 is 6.09 Å². The Morgan fingerprint density at radius 1 is 1.39 bits per heavy atom. The highest BCUT2D eigenvalue weighted by atomic mass is 32.1. The molecule has 23 heavy (non-hydrogen) atoms. The van der Waals surface area contributed by atoms with Crippen molar-refractivity contribution < 1.29 is 13.9 Å². The van der Waals surface area contributed by atoms with Crippen molar-refractivity contribution in [1.82, 2.24) is 4.98 Å². The minimum absolute atomic E-state index is 0.0738. The van der Waals surface area contributed by atoms with Gasteiger partial charge < -0.3 is 10.1 Å². The molecule has 2 N–H and O–H groups in total. The molecule has 0 bridgehead atoms. The van der Waals surface area contributed by atoms with Crippen LogP contribution in [0.2, 0.25) is 0 Å². The van der Waals surface area contributed by atoms with Crippen LogP contribution >= 0.6 is 11.3 Å². The molecule has 1 heterocycles. The van der Waals surface area contributed by atoms with E-state index >= 15 is 0 Å². The molecule has 0 saturated carbocycles. The normalized spacial score (nSPS) is 11.2. The number of benzene rings is 1. The molecular formula is C16H20FN3O2S. The Labute approximate surface area is 138 Å². The van der Waals surface area contributed by atoms with Crippen LogP contribution in [0.15, 0.2) is 24.4 Å². The number of amides is 1. The monoisotopic (exact) mass is 337 g/mol.